The maximum atomic E-state index is 11.5. The second-order valence-electron chi connectivity index (χ2n) is 5.20. The van der Waals surface area contributed by atoms with E-state index in [2.05, 4.69) is 4.90 Å². The first-order valence-electron chi connectivity index (χ1n) is 6.83. The molecule has 1 fully saturated rings. The molecule has 3 nitrogen and oxygen atoms in total. The van der Waals surface area contributed by atoms with Crippen LogP contribution in [-0.4, -0.2) is 24.2 Å². The van der Waals surface area contributed by atoms with E-state index in [1.54, 1.807) is 0 Å². The number of carbonyl (C=O) groups is 1. The molecule has 0 bridgehead atoms. The Balaban J connectivity index is 1.89. The third-order valence-electron chi connectivity index (χ3n) is 3.99. The van der Waals surface area contributed by atoms with Gasteiger partial charge in [-0.2, -0.15) is 0 Å². The highest BCUT2D eigenvalue weighted by molar-refractivity contribution is 5.74. The molecule has 0 saturated carbocycles. The van der Waals surface area contributed by atoms with E-state index < -0.39 is 5.97 Å². The summed E-state index contributed by atoms with van der Waals surface area (Å²) >= 11 is 0. The van der Waals surface area contributed by atoms with E-state index in [0.29, 0.717) is 6.54 Å². The minimum Gasteiger partial charge on any atom is -0.481 e. The summed E-state index contributed by atoms with van der Waals surface area (Å²) in [6, 6.07) is 20.0. The first kappa shape index (κ1) is 12.7. The third kappa shape index (κ3) is 2.39. The fourth-order valence-corrected chi connectivity index (χ4v) is 2.94. The Morgan fingerprint density at radius 2 is 1.55 bits per heavy atom. The minimum absolute atomic E-state index is 0.0499. The van der Waals surface area contributed by atoms with Crippen LogP contribution in [0.15, 0.2) is 60.7 Å². The van der Waals surface area contributed by atoms with Gasteiger partial charge in [0.1, 0.15) is 0 Å². The molecule has 20 heavy (non-hydrogen) atoms. The smallest absolute Gasteiger partial charge is 0.308 e. The number of benzene rings is 2. The Morgan fingerprint density at radius 1 is 0.950 bits per heavy atom. The van der Waals surface area contributed by atoms with Crippen LogP contribution in [0, 0.1) is 5.92 Å². The van der Waals surface area contributed by atoms with Crippen molar-refractivity contribution in [2.45, 2.75) is 5.92 Å². The predicted octanol–water partition coefficient (Wildman–Crippen LogP) is 2.99. The van der Waals surface area contributed by atoms with Gasteiger partial charge >= 0.3 is 5.97 Å². The van der Waals surface area contributed by atoms with Crippen molar-refractivity contribution in [2.75, 3.05) is 18.0 Å². The van der Waals surface area contributed by atoms with Crippen molar-refractivity contribution in [2.24, 2.45) is 5.92 Å². The summed E-state index contributed by atoms with van der Waals surface area (Å²) < 4.78 is 0. The molecule has 0 spiro atoms. The average molecular weight is 267 g/mol. The number of anilines is 1. The molecule has 2 aromatic carbocycles. The van der Waals surface area contributed by atoms with E-state index >= 15 is 0 Å². The number of para-hydroxylation sites is 1. The molecular weight excluding hydrogens is 250 g/mol. The van der Waals surface area contributed by atoms with Gasteiger partial charge in [-0.15, -0.1) is 0 Å². The van der Waals surface area contributed by atoms with Crippen LogP contribution in [0.2, 0.25) is 0 Å². The van der Waals surface area contributed by atoms with E-state index in [4.69, 9.17) is 0 Å². The molecule has 3 heteroatoms. The quantitative estimate of drug-likeness (QED) is 0.929. The Hall–Kier alpha value is -2.29. The van der Waals surface area contributed by atoms with Gasteiger partial charge in [0.2, 0.25) is 0 Å². The van der Waals surface area contributed by atoms with Crippen LogP contribution in [0.5, 0.6) is 0 Å². The molecular formula is C17H17NO2. The lowest BCUT2D eigenvalue weighted by Gasteiger charge is -2.18. The highest BCUT2D eigenvalue weighted by Crippen LogP contribution is 2.35. The first-order chi connectivity index (χ1) is 9.75. The monoisotopic (exact) mass is 267 g/mol. The number of carboxylic acid groups (broad SMARTS) is 1. The maximum absolute atomic E-state index is 11.5. The SMILES string of the molecule is O=C(O)[C@H]1CN(c2ccccc2)C[C@@H]1c1ccccc1. The number of carboxylic acids is 1. The van der Waals surface area contributed by atoms with Crippen LogP contribution in [0.25, 0.3) is 0 Å². The van der Waals surface area contributed by atoms with Crippen LogP contribution in [0.4, 0.5) is 5.69 Å². The van der Waals surface area contributed by atoms with Gasteiger partial charge < -0.3 is 10.0 Å². The number of hydrogen-bond acceptors (Lipinski definition) is 2. The Kier molecular flexibility index (Phi) is 3.42. The summed E-state index contributed by atoms with van der Waals surface area (Å²) in [6.45, 7) is 1.32. The summed E-state index contributed by atoms with van der Waals surface area (Å²) in [5.41, 5.74) is 2.20. The summed E-state index contributed by atoms with van der Waals surface area (Å²) in [5, 5.41) is 9.48. The molecule has 0 aliphatic carbocycles. The molecule has 0 amide bonds. The Bertz CT molecular complexity index is 582. The topological polar surface area (TPSA) is 40.5 Å². The van der Waals surface area contributed by atoms with Crippen molar-refractivity contribution in [1.82, 2.24) is 0 Å². The number of aliphatic carboxylic acids is 1. The van der Waals surface area contributed by atoms with E-state index in [0.717, 1.165) is 17.8 Å². The van der Waals surface area contributed by atoms with Gasteiger partial charge in [0.05, 0.1) is 5.92 Å². The number of nitrogens with zero attached hydrogens (tertiary/aromatic N) is 1. The van der Waals surface area contributed by atoms with Crippen LogP contribution in [-0.2, 0) is 4.79 Å². The zero-order chi connectivity index (χ0) is 13.9. The van der Waals surface area contributed by atoms with Gasteiger partial charge in [0.25, 0.3) is 0 Å². The molecule has 0 unspecified atom stereocenters. The first-order valence-corrected chi connectivity index (χ1v) is 6.83. The van der Waals surface area contributed by atoms with Gasteiger partial charge in [-0.1, -0.05) is 48.5 Å². The molecule has 2 aromatic rings. The molecule has 1 N–H and O–H groups in total. The molecule has 102 valence electrons. The Labute approximate surface area is 118 Å². The van der Waals surface area contributed by atoms with Crippen molar-refractivity contribution in [3.8, 4) is 0 Å². The van der Waals surface area contributed by atoms with E-state index in [1.165, 1.54) is 0 Å². The van der Waals surface area contributed by atoms with Gasteiger partial charge in [-0.05, 0) is 17.7 Å². The zero-order valence-corrected chi connectivity index (χ0v) is 11.1. The number of hydrogen-bond donors (Lipinski definition) is 1. The van der Waals surface area contributed by atoms with Gasteiger partial charge in [-0.25, -0.2) is 0 Å². The lowest BCUT2D eigenvalue weighted by Crippen LogP contribution is -2.23. The number of rotatable bonds is 3. The van der Waals surface area contributed by atoms with Crippen molar-refractivity contribution >= 4 is 11.7 Å². The van der Waals surface area contributed by atoms with E-state index in [1.807, 2.05) is 60.7 Å². The normalized spacial score (nSPS) is 21.9. The second-order valence-corrected chi connectivity index (χ2v) is 5.20. The van der Waals surface area contributed by atoms with Gasteiger partial charge in [0, 0.05) is 24.7 Å². The fourth-order valence-electron chi connectivity index (χ4n) is 2.94. The van der Waals surface area contributed by atoms with Gasteiger partial charge in [-0.3, -0.25) is 4.79 Å². The highest BCUT2D eigenvalue weighted by Gasteiger charge is 2.38. The van der Waals surface area contributed by atoms with Crippen LogP contribution in [0.1, 0.15) is 11.5 Å². The predicted molar refractivity (Wildman–Crippen MR) is 79.0 cm³/mol. The van der Waals surface area contributed by atoms with Crippen molar-refractivity contribution < 1.29 is 9.90 Å². The molecule has 1 aliphatic rings. The highest BCUT2D eigenvalue weighted by atomic mass is 16.4. The molecule has 3 rings (SSSR count). The molecule has 1 aliphatic heterocycles. The maximum Gasteiger partial charge on any atom is 0.308 e. The van der Waals surface area contributed by atoms with Crippen LogP contribution < -0.4 is 4.90 Å². The summed E-state index contributed by atoms with van der Waals surface area (Å²) in [7, 11) is 0. The second kappa shape index (κ2) is 5.37. The van der Waals surface area contributed by atoms with Crippen LogP contribution in [0.3, 0.4) is 0 Å². The van der Waals surface area contributed by atoms with Crippen LogP contribution >= 0.6 is 0 Å². The zero-order valence-electron chi connectivity index (χ0n) is 11.1. The molecule has 1 heterocycles. The Morgan fingerprint density at radius 3 is 2.15 bits per heavy atom. The molecule has 0 radical (unpaired) electrons. The van der Waals surface area contributed by atoms with Crippen molar-refractivity contribution in [3.05, 3.63) is 66.2 Å². The average Bonchev–Trinajstić information content (AvgIpc) is 2.94. The van der Waals surface area contributed by atoms with Gasteiger partial charge in [0.15, 0.2) is 0 Å². The minimum atomic E-state index is -0.711. The standard InChI is InChI=1S/C17H17NO2/c19-17(20)16-12-18(14-9-5-2-6-10-14)11-15(16)13-7-3-1-4-8-13/h1-10,15-16H,11-12H2,(H,19,20)/t15-,16+/m1/s1. The molecule has 2 atom stereocenters. The lowest BCUT2D eigenvalue weighted by molar-refractivity contribution is -0.141. The molecule has 0 aromatic heterocycles. The lowest BCUT2D eigenvalue weighted by atomic mass is 9.89. The molecule has 1 saturated heterocycles. The third-order valence-corrected chi connectivity index (χ3v) is 3.99. The summed E-state index contributed by atoms with van der Waals surface area (Å²) in [6.07, 6.45) is 0. The van der Waals surface area contributed by atoms with Crippen molar-refractivity contribution in [3.63, 3.8) is 0 Å². The van der Waals surface area contributed by atoms with E-state index in [9.17, 15) is 9.90 Å². The largest absolute Gasteiger partial charge is 0.481 e. The summed E-state index contributed by atoms with van der Waals surface area (Å²) in [5.74, 6) is -1.01. The fraction of sp³-hybridized carbons (Fsp3) is 0.235. The summed E-state index contributed by atoms with van der Waals surface area (Å²) in [4.78, 5) is 13.7. The van der Waals surface area contributed by atoms with E-state index in [-0.39, 0.29) is 11.8 Å². The van der Waals surface area contributed by atoms with Crippen molar-refractivity contribution in [1.29, 1.82) is 0 Å².